The van der Waals surface area contributed by atoms with Crippen molar-refractivity contribution in [3.63, 3.8) is 0 Å². The van der Waals surface area contributed by atoms with Gasteiger partial charge >= 0.3 is 0 Å². The van der Waals surface area contributed by atoms with Crippen molar-refractivity contribution in [3.05, 3.63) is 53.6 Å². The third-order valence-corrected chi connectivity index (χ3v) is 6.90. The number of carbonyl (C=O) groups is 1. The van der Waals surface area contributed by atoms with Crippen LogP contribution in [0.25, 0.3) is 0 Å². The highest BCUT2D eigenvalue weighted by atomic mass is 32.2. The average Bonchev–Trinajstić information content (AvgIpc) is 2.76. The number of anilines is 1. The molecule has 0 radical (unpaired) electrons. The molecule has 1 heterocycles. The van der Waals surface area contributed by atoms with Gasteiger partial charge in [-0.2, -0.15) is 0 Å². The van der Waals surface area contributed by atoms with E-state index in [0.717, 1.165) is 30.0 Å². The summed E-state index contributed by atoms with van der Waals surface area (Å²) in [5, 5.41) is 2.78. The SMILES string of the molecule is CCN(CC)[C@H](CNS(=O)(=O)c1ccc2c(c1)CCC(=O)N2)c1cccc(OC)c1. The summed E-state index contributed by atoms with van der Waals surface area (Å²) in [6.45, 7) is 5.94. The second-order valence-electron chi connectivity index (χ2n) is 7.23. The molecule has 1 aliphatic heterocycles. The van der Waals surface area contributed by atoms with Gasteiger partial charge in [0.25, 0.3) is 0 Å². The number of sulfonamides is 1. The standard InChI is InChI=1S/C22H29N3O4S/c1-4-25(5-2)21(17-7-6-8-18(13-17)29-3)15-23-30(27,28)19-10-11-20-16(14-19)9-12-22(26)24-20/h6-8,10-11,13-14,21,23H,4-5,9,12,15H2,1-3H3,(H,24,26)/t21-/m1/s1. The van der Waals surface area contributed by atoms with Gasteiger partial charge in [0.2, 0.25) is 15.9 Å². The first-order valence-corrected chi connectivity index (χ1v) is 11.7. The van der Waals surface area contributed by atoms with E-state index in [9.17, 15) is 13.2 Å². The van der Waals surface area contributed by atoms with Gasteiger partial charge in [0.05, 0.1) is 12.0 Å². The summed E-state index contributed by atoms with van der Waals surface area (Å²) in [4.78, 5) is 13.9. The Labute approximate surface area is 178 Å². The number of amides is 1. The second kappa shape index (κ2) is 9.59. The predicted molar refractivity (Wildman–Crippen MR) is 117 cm³/mol. The quantitative estimate of drug-likeness (QED) is 0.637. The van der Waals surface area contributed by atoms with Crippen LogP contribution >= 0.6 is 0 Å². The number of likely N-dealkylation sites (N-methyl/N-ethyl adjacent to an activating group) is 1. The molecule has 0 fully saturated rings. The molecule has 0 saturated heterocycles. The fourth-order valence-corrected chi connectivity index (χ4v) is 4.86. The van der Waals surface area contributed by atoms with Crippen LogP contribution < -0.4 is 14.8 Å². The van der Waals surface area contributed by atoms with Gasteiger partial charge in [-0.25, -0.2) is 13.1 Å². The Kier molecular flexibility index (Phi) is 7.12. The van der Waals surface area contributed by atoms with Gasteiger partial charge in [0.1, 0.15) is 5.75 Å². The summed E-state index contributed by atoms with van der Waals surface area (Å²) >= 11 is 0. The monoisotopic (exact) mass is 431 g/mol. The van der Waals surface area contributed by atoms with Crippen LogP contribution in [-0.4, -0.2) is 46.0 Å². The van der Waals surface area contributed by atoms with E-state index in [4.69, 9.17) is 4.74 Å². The van der Waals surface area contributed by atoms with Gasteiger partial charge in [-0.15, -0.1) is 0 Å². The van der Waals surface area contributed by atoms with Gasteiger partial charge in [-0.3, -0.25) is 9.69 Å². The minimum Gasteiger partial charge on any atom is -0.497 e. The highest BCUT2D eigenvalue weighted by molar-refractivity contribution is 7.89. The molecule has 30 heavy (non-hydrogen) atoms. The van der Waals surface area contributed by atoms with Crippen LogP contribution in [0.2, 0.25) is 0 Å². The molecule has 0 aromatic heterocycles. The van der Waals surface area contributed by atoms with Crippen LogP contribution in [0.1, 0.15) is 37.4 Å². The van der Waals surface area contributed by atoms with Gasteiger partial charge in [-0.05, 0) is 61.0 Å². The molecule has 2 aromatic carbocycles. The van der Waals surface area contributed by atoms with Crippen LogP contribution in [0.3, 0.4) is 0 Å². The van der Waals surface area contributed by atoms with Gasteiger partial charge < -0.3 is 10.1 Å². The molecule has 2 N–H and O–H groups in total. The smallest absolute Gasteiger partial charge is 0.240 e. The third kappa shape index (κ3) is 5.00. The molecular formula is C22H29N3O4S. The van der Waals surface area contributed by atoms with Crippen LogP contribution in [0.4, 0.5) is 5.69 Å². The highest BCUT2D eigenvalue weighted by Gasteiger charge is 2.24. The summed E-state index contributed by atoms with van der Waals surface area (Å²) in [7, 11) is -2.08. The summed E-state index contributed by atoms with van der Waals surface area (Å²) < 4.78 is 34.1. The first-order chi connectivity index (χ1) is 14.4. The molecule has 0 aliphatic carbocycles. The van der Waals surface area contributed by atoms with E-state index in [2.05, 4.69) is 28.8 Å². The van der Waals surface area contributed by atoms with E-state index in [1.165, 1.54) is 6.07 Å². The normalized spacial score (nSPS) is 14.9. The topological polar surface area (TPSA) is 87.7 Å². The van der Waals surface area contributed by atoms with Crippen molar-refractivity contribution >= 4 is 21.6 Å². The fourth-order valence-electron chi connectivity index (χ4n) is 3.77. The van der Waals surface area contributed by atoms with E-state index in [1.54, 1.807) is 19.2 Å². The minimum atomic E-state index is -3.70. The highest BCUT2D eigenvalue weighted by Crippen LogP contribution is 2.27. The average molecular weight is 432 g/mol. The first kappa shape index (κ1) is 22.3. The van der Waals surface area contributed by atoms with Crippen molar-refractivity contribution in [2.24, 2.45) is 0 Å². The molecular weight excluding hydrogens is 402 g/mol. The molecule has 8 heteroatoms. The largest absolute Gasteiger partial charge is 0.497 e. The van der Waals surface area contributed by atoms with Crippen molar-refractivity contribution in [3.8, 4) is 5.75 Å². The zero-order valence-electron chi connectivity index (χ0n) is 17.6. The van der Waals surface area contributed by atoms with Gasteiger partial charge in [0.15, 0.2) is 0 Å². The Hall–Kier alpha value is -2.42. The molecule has 1 atom stereocenters. The molecule has 3 rings (SSSR count). The Morgan fingerprint density at radius 3 is 2.60 bits per heavy atom. The first-order valence-electron chi connectivity index (χ1n) is 10.2. The summed E-state index contributed by atoms with van der Waals surface area (Å²) in [5.74, 6) is 0.695. The maximum absolute atomic E-state index is 13.0. The molecule has 0 spiro atoms. The number of nitrogens with zero attached hydrogens (tertiary/aromatic N) is 1. The Morgan fingerprint density at radius 1 is 1.13 bits per heavy atom. The van der Waals surface area contributed by atoms with Crippen molar-refractivity contribution in [2.75, 3.05) is 32.1 Å². The maximum atomic E-state index is 13.0. The second-order valence-corrected chi connectivity index (χ2v) is 9.00. The predicted octanol–water partition coefficient (Wildman–Crippen LogP) is 2.94. The lowest BCUT2D eigenvalue weighted by Crippen LogP contribution is -2.38. The van der Waals surface area contributed by atoms with Crippen molar-refractivity contribution < 1.29 is 17.9 Å². The van der Waals surface area contributed by atoms with E-state index in [-0.39, 0.29) is 23.4 Å². The lowest BCUT2D eigenvalue weighted by molar-refractivity contribution is -0.116. The number of methoxy groups -OCH3 is 1. The lowest BCUT2D eigenvalue weighted by Gasteiger charge is -2.30. The summed E-state index contributed by atoms with van der Waals surface area (Å²) in [6.07, 6.45) is 0.903. The number of aryl methyl sites for hydroxylation is 1. The Balaban J connectivity index is 1.82. The molecule has 0 saturated carbocycles. The minimum absolute atomic E-state index is 0.0448. The lowest BCUT2D eigenvalue weighted by atomic mass is 10.0. The third-order valence-electron chi connectivity index (χ3n) is 5.48. The fraction of sp³-hybridized carbons (Fsp3) is 0.409. The van der Waals surface area contributed by atoms with Crippen molar-refractivity contribution in [2.45, 2.75) is 37.6 Å². The van der Waals surface area contributed by atoms with Gasteiger partial charge in [-0.1, -0.05) is 26.0 Å². The van der Waals surface area contributed by atoms with Crippen LogP contribution in [0.5, 0.6) is 5.75 Å². The van der Waals surface area contributed by atoms with Crippen LogP contribution in [-0.2, 0) is 21.2 Å². The molecule has 0 unspecified atom stereocenters. The van der Waals surface area contributed by atoms with E-state index in [1.807, 2.05) is 24.3 Å². The van der Waals surface area contributed by atoms with Crippen LogP contribution in [0, 0.1) is 0 Å². The number of hydrogen-bond donors (Lipinski definition) is 2. The Bertz CT molecular complexity index is 1000. The number of benzene rings is 2. The Morgan fingerprint density at radius 2 is 1.90 bits per heavy atom. The van der Waals surface area contributed by atoms with Gasteiger partial charge in [0, 0.05) is 24.7 Å². The molecule has 7 nitrogen and oxygen atoms in total. The van der Waals surface area contributed by atoms with E-state index in [0.29, 0.717) is 18.5 Å². The number of ether oxygens (including phenoxy) is 1. The van der Waals surface area contributed by atoms with E-state index >= 15 is 0 Å². The van der Waals surface area contributed by atoms with Crippen molar-refractivity contribution in [1.29, 1.82) is 0 Å². The molecule has 0 bridgehead atoms. The maximum Gasteiger partial charge on any atom is 0.240 e. The number of fused-ring (bicyclic) bond motifs is 1. The molecule has 1 amide bonds. The summed E-state index contributed by atoms with van der Waals surface area (Å²) in [6, 6.07) is 12.4. The molecule has 162 valence electrons. The summed E-state index contributed by atoms with van der Waals surface area (Å²) in [5.41, 5.74) is 2.52. The van der Waals surface area contributed by atoms with Crippen molar-refractivity contribution in [1.82, 2.24) is 9.62 Å². The number of rotatable bonds is 9. The molecule has 2 aromatic rings. The van der Waals surface area contributed by atoms with Crippen LogP contribution in [0.15, 0.2) is 47.4 Å². The van der Waals surface area contributed by atoms with E-state index < -0.39 is 10.0 Å². The number of hydrogen-bond acceptors (Lipinski definition) is 5. The zero-order chi connectivity index (χ0) is 21.7. The number of carbonyl (C=O) groups excluding carboxylic acids is 1. The molecule has 1 aliphatic rings. The zero-order valence-corrected chi connectivity index (χ0v) is 18.5. The number of nitrogens with one attached hydrogen (secondary N) is 2.